The molecule has 0 spiro atoms. The van der Waals surface area contributed by atoms with Gasteiger partial charge in [0.15, 0.2) is 0 Å². The van der Waals surface area contributed by atoms with Crippen molar-refractivity contribution in [3.63, 3.8) is 0 Å². The van der Waals surface area contributed by atoms with Crippen LogP contribution in [0, 0.1) is 11.3 Å². The van der Waals surface area contributed by atoms with Crippen LogP contribution in [0.1, 0.15) is 31.9 Å². The van der Waals surface area contributed by atoms with Gasteiger partial charge in [0.1, 0.15) is 0 Å². The number of carbonyl (C=O) groups excluding carboxylic acids is 3. The van der Waals surface area contributed by atoms with Gasteiger partial charge in [-0.05, 0) is 31.5 Å². The Kier molecular flexibility index (Phi) is 6.93. The summed E-state index contributed by atoms with van der Waals surface area (Å²) in [6, 6.07) is 8.39. The van der Waals surface area contributed by atoms with Crippen LogP contribution < -0.4 is 5.32 Å². The Labute approximate surface area is 140 Å². The molecule has 1 N–H and O–H groups in total. The average Bonchev–Trinajstić information content (AvgIpc) is 2.54. The molecule has 128 valence electrons. The molecule has 0 atom stereocenters. The summed E-state index contributed by atoms with van der Waals surface area (Å²) in [5.41, 5.74) is -1.10. The Hall–Kier alpha value is -2.88. The summed E-state index contributed by atoms with van der Waals surface area (Å²) in [5, 5.41) is 11.4. The minimum Gasteiger partial charge on any atom is -0.464 e. The van der Waals surface area contributed by atoms with Gasteiger partial charge in [-0.25, -0.2) is 9.59 Å². The quantitative estimate of drug-likeness (QED) is 0.592. The highest BCUT2D eigenvalue weighted by Gasteiger charge is 2.50. The predicted octanol–water partition coefficient (Wildman–Crippen LogP) is 1.10. The van der Waals surface area contributed by atoms with Gasteiger partial charge in [0, 0.05) is 13.3 Å². The van der Waals surface area contributed by atoms with Crippen LogP contribution in [0.2, 0.25) is 0 Å². The van der Waals surface area contributed by atoms with Gasteiger partial charge in [-0.2, -0.15) is 5.26 Å². The van der Waals surface area contributed by atoms with Crippen molar-refractivity contribution >= 4 is 17.8 Å². The molecule has 1 amide bonds. The topological polar surface area (TPSA) is 105 Å². The molecule has 0 aliphatic heterocycles. The second kappa shape index (κ2) is 8.67. The number of hydrogen-bond acceptors (Lipinski definition) is 6. The van der Waals surface area contributed by atoms with E-state index in [9.17, 15) is 14.4 Å². The summed E-state index contributed by atoms with van der Waals surface area (Å²) in [4.78, 5) is 36.6. The van der Waals surface area contributed by atoms with Crippen LogP contribution in [0.3, 0.4) is 0 Å². The lowest BCUT2D eigenvalue weighted by Crippen LogP contribution is -2.62. The van der Waals surface area contributed by atoms with Crippen molar-refractivity contribution < 1.29 is 23.9 Å². The molecule has 0 radical (unpaired) electrons. The number of nitrogens with one attached hydrogen (secondary N) is 1. The van der Waals surface area contributed by atoms with E-state index < -0.39 is 23.4 Å². The first-order valence-electron chi connectivity index (χ1n) is 7.51. The van der Waals surface area contributed by atoms with Crippen LogP contribution in [0.15, 0.2) is 24.3 Å². The Morgan fingerprint density at radius 1 is 1.17 bits per heavy atom. The molecule has 0 heterocycles. The van der Waals surface area contributed by atoms with Gasteiger partial charge in [-0.1, -0.05) is 12.1 Å². The van der Waals surface area contributed by atoms with Crippen molar-refractivity contribution in [2.75, 3.05) is 13.2 Å². The number of esters is 2. The van der Waals surface area contributed by atoms with E-state index in [-0.39, 0.29) is 19.6 Å². The van der Waals surface area contributed by atoms with Crippen LogP contribution in [0.5, 0.6) is 0 Å². The SMILES string of the molecule is CCOC(=O)C(Cc1cccc(C#N)c1)(NC(C)=O)C(=O)OCC. The standard InChI is InChI=1S/C17H20N2O5/c1-4-23-15(21)17(19-12(3)20,16(22)24-5-2)10-13-7-6-8-14(9-13)11-18/h6-9H,4-5,10H2,1-3H3,(H,19,20). The molecule has 0 unspecified atom stereocenters. The number of nitrogens with zero attached hydrogens (tertiary/aromatic N) is 1. The molecule has 1 aromatic carbocycles. The second-order valence-electron chi connectivity index (χ2n) is 5.02. The molecule has 1 aromatic rings. The van der Waals surface area contributed by atoms with Crippen molar-refractivity contribution in [3.8, 4) is 6.07 Å². The maximum Gasteiger partial charge on any atom is 0.344 e. The lowest BCUT2D eigenvalue weighted by molar-refractivity contribution is -0.168. The van der Waals surface area contributed by atoms with Gasteiger partial charge in [0.25, 0.3) is 0 Å². The van der Waals surface area contributed by atoms with Crippen molar-refractivity contribution in [1.29, 1.82) is 5.26 Å². The minimum absolute atomic E-state index is 0.0395. The van der Waals surface area contributed by atoms with E-state index in [0.717, 1.165) is 0 Å². The van der Waals surface area contributed by atoms with E-state index in [2.05, 4.69) is 5.32 Å². The summed E-state index contributed by atoms with van der Waals surface area (Å²) in [6.45, 7) is 4.46. The molecule has 0 aromatic heterocycles. The third-order valence-electron chi connectivity index (χ3n) is 3.16. The number of amides is 1. The van der Waals surface area contributed by atoms with Crippen molar-refractivity contribution in [2.24, 2.45) is 0 Å². The third kappa shape index (κ3) is 4.56. The van der Waals surface area contributed by atoms with E-state index >= 15 is 0 Å². The first-order chi connectivity index (χ1) is 11.4. The first-order valence-corrected chi connectivity index (χ1v) is 7.51. The Bertz CT molecular complexity index is 645. The highest BCUT2D eigenvalue weighted by molar-refractivity contribution is 6.08. The maximum atomic E-state index is 12.5. The molecule has 1 rings (SSSR count). The van der Waals surface area contributed by atoms with Gasteiger partial charge in [0.2, 0.25) is 11.4 Å². The van der Waals surface area contributed by atoms with E-state index in [0.29, 0.717) is 11.1 Å². The fourth-order valence-corrected chi connectivity index (χ4v) is 2.24. The van der Waals surface area contributed by atoms with Crippen molar-refractivity contribution in [3.05, 3.63) is 35.4 Å². The predicted molar refractivity (Wildman–Crippen MR) is 84.7 cm³/mol. The third-order valence-corrected chi connectivity index (χ3v) is 3.16. The molecular formula is C17H20N2O5. The van der Waals surface area contributed by atoms with Gasteiger partial charge >= 0.3 is 11.9 Å². The molecule has 0 saturated heterocycles. The van der Waals surface area contributed by atoms with E-state index in [4.69, 9.17) is 14.7 Å². The Balaban J connectivity index is 3.36. The molecule has 0 aliphatic carbocycles. The second-order valence-corrected chi connectivity index (χ2v) is 5.02. The molecule has 7 nitrogen and oxygen atoms in total. The van der Waals surface area contributed by atoms with Gasteiger partial charge < -0.3 is 14.8 Å². The minimum atomic E-state index is -1.99. The largest absolute Gasteiger partial charge is 0.464 e. The number of benzene rings is 1. The number of nitriles is 1. The Morgan fingerprint density at radius 2 is 1.75 bits per heavy atom. The number of rotatable bonds is 7. The first kappa shape index (κ1) is 19.2. The van der Waals surface area contributed by atoms with Crippen LogP contribution in [0.25, 0.3) is 0 Å². The molecule has 0 saturated carbocycles. The van der Waals surface area contributed by atoms with Crippen molar-refractivity contribution in [1.82, 2.24) is 5.32 Å². The van der Waals surface area contributed by atoms with Gasteiger partial charge in [-0.15, -0.1) is 0 Å². The summed E-state index contributed by atoms with van der Waals surface area (Å²) in [7, 11) is 0. The molecule has 24 heavy (non-hydrogen) atoms. The monoisotopic (exact) mass is 332 g/mol. The van der Waals surface area contributed by atoms with Crippen LogP contribution in [-0.2, 0) is 30.3 Å². The Morgan fingerprint density at radius 3 is 2.21 bits per heavy atom. The zero-order chi connectivity index (χ0) is 18.2. The zero-order valence-corrected chi connectivity index (χ0v) is 13.9. The fraction of sp³-hybridized carbons (Fsp3) is 0.412. The average molecular weight is 332 g/mol. The highest BCUT2D eigenvalue weighted by atomic mass is 16.6. The summed E-state index contributed by atoms with van der Waals surface area (Å²) in [5.74, 6) is -2.38. The van der Waals surface area contributed by atoms with Crippen LogP contribution >= 0.6 is 0 Å². The fourth-order valence-electron chi connectivity index (χ4n) is 2.24. The van der Waals surface area contributed by atoms with E-state index in [1.807, 2.05) is 6.07 Å². The number of ether oxygens (including phenoxy) is 2. The van der Waals surface area contributed by atoms with Crippen LogP contribution in [0.4, 0.5) is 0 Å². The lowest BCUT2D eigenvalue weighted by Gasteiger charge is -2.29. The molecule has 0 fully saturated rings. The van der Waals surface area contributed by atoms with Gasteiger partial charge in [-0.3, -0.25) is 4.79 Å². The zero-order valence-electron chi connectivity index (χ0n) is 13.9. The van der Waals surface area contributed by atoms with E-state index in [1.54, 1.807) is 32.0 Å². The smallest absolute Gasteiger partial charge is 0.344 e. The van der Waals surface area contributed by atoms with Crippen LogP contribution in [-0.4, -0.2) is 36.6 Å². The molecule has 7 heteroatoms. The lowest BCUT2D eigenvalue weighted by atomic mass is 9.89. The number of carbonyl (C=O) groups is 3. The molecule has 0 bridgehead atoms. The van der Waals surface area contributed by atoms with E-state index in [1.165, 1.54) is 13.0 Å². The molecular weight excluding hydrogens is 312 g/mol. The number of hydrogen-bond donors (Lipinski definition) is 1. The normalized spacial score (nSPS) is 10.4. The summed E-state index contributed by atoms with van der Waals surface area (Å²) < 4.78 is 9.97. The molecule has 0 aliphatic rings. The maximum absolute atomic E-state index is 12.5. The van der Waals surface area contributed by atoms with Gasteiger partial charge in [0.05, 0.1) is 24.8 Å². The van der Waals surface area contributed by atoms with Crippen molar-refractivity contribution in [2.45, 2.75) is 32.7 Å². The summed E-state index contributed by atoms with van der Waals surface area (Å²) in [6.07, 6.45) is -0.181. The highest BCUT2D eigenvalue weighted by Crippen LogP contribution is 2.19. The summed E-state index contributed by atoms with van der Waals surface area (Å²) >= 11 is 0.